The highest BCUT2D eigenvalue weighted by Crippen LogP contribution is 2.28. The molecule has 0 unspecified atom stereocenters. The fraction of sp³-hybridized carbons (Fsp3) is 0.389. The van der Waals surface area contributed by atoms with Crippen LogP contribution < -0.4 is 15.7 Å². The van der Waals surface area contributed by atoms with Gasteiger partial charge in [0.25, 0.3) is 5.91 Å². The number of ether oxygens (including phenoxy) is 1. The molecule has 0 saturated carbocycles. The highest BCUT2D eigenvalue weighted by molar-refractivity contribution is 7.98. The predicted molar refractivity (Wildman–Crippen MR) is 100 cm³/mol. The minimum absolute atomic E-state index is 0.265. The molecule has 0 saturated heterocycles. The summed E-state index contributed by atoms with van der Waals surface area (Å²) in [6.07, 6.45) is 2.45. The Labute approximate surface area is 154 Å². The number of nitrogens with one attached hydrogen (secondary N) is 1. The van der Waals surface area contributed by atoms with E-state index < -0.39 is 23.5 Å². The zero-order valence-corrected chi connectivity index (χ0v) is 15.6. The van der Waals surface area contributed by atoms with E-state index in [4.69, 9.17) is 14.3 Å². The van der Waals surface area contributed by atoms with Gasteiger partial charge >= 0.3 is 11.6 Å². The van der Waals surface area contributed by atoms with Gasteiger partial charge in [-0.25, -0.2) is 9.59 Å². The SMILES string of the molecule is CCc1cc(=O)oc2c(C)c(OCC(=O)N[C@@H](CSC)C(=O)O)ccc12. The average Bonchev–Trinajstić information content (AvgIpc) is 2.60. The number of aliphatic carboxylic acids is 1. The molecular formula is C18H21NO6S. The van der Waals surface area contributed by atoms with Crippen LogP contribution in [0.4, 0.5) is 0 Å². The second-order valence-electron chi connectivity index (χ2n) is 5.71. The number of carbonyl (C=O) groups is 2. The molecule has 0 aliphatic heterocycles. The lowest BCUT2D eigenvalue weighted by Crippen LogP contribution is -2.44. The van der Waals surface area contributed by atoms with Crippen LogP contribution in [-0.2, 0) is 16.0 Å². The van der Waals surface area contributed by atoms with E-state index in [-0.39, 0.29) is 12.4 Å². The molecule has 140 valence electrons. The number of aryl methyl sites for hydroxylation is 2. The molecule has 1 amide bonds. The second-order valence-corrected chi connectivity index (χ2v) is 6.62. The second kappa shape index (κ2) is 8.75. The Morgan fingerprint density at radius 3 is 2.73 bits per heavy atom. The molecule has 7 nitrogen and oxygen atoms in total. The molecule has 1 aromatic carbocycles. The summed E-state index contributed by atoms with van der Waals surface area (Å²) in [5, 5.41) is 12.3. The Balaban J connectivity index is 2.16. The number of rotatable bonds is 8. The van der Waals surface area contributed by atoms with Crippen molar-refractivity contribution >= 4 is 34.6 Å². The van der Waals surface area contributed by atoms with Gasteiger partial charge in [-0.1, -0.05) is 6.92 Å². The summed E-state index contributed by atoms with van der Waals surface area (Å²) < 4.78 is 10.8. The van der Waals surface area contributed by atoms with Gasteiger partial charge in [-0.05, 0) is 37.3 Å². The van der Waals surface area contributed by atoms with E-state index in [9.17, 15) is 14.4 Å². The van der Waals surface area contributed by atoms with E-state index in [1.807, 2.05) is 6.92 Å². The van der Waals surface area contributed by atoms with Gasteiger partial charge in [-0.3, -0.25) is 4.79 Å². The van der Waals surface area contributed by atoms with Gasteiger partial charge in [-0.2, -0.15) is 11.8 Å². The predicted octanol–water partition coefficient (Wildman–Crippen LogP) is 1.98. The van der Waals surface area contributed by atoms with Crippen molar-refractivity contribution < 1.29 is 23.8 Å². The largest absolute Gasteiger partial charge is 0.483 e. The van der Waals surface area contributed by atoms with Crippen molar-refractivity contribution in [3.8, 4) is 5.75 Å². The van der Waals surface area contributed by atoms with Crippen LogP contribution in [0.25, 0.3) is 11.0 Å². The van der Waals surface area contributed by atoms with Gasteiger partial charge in [0.05, 0.1) is 0 Å². The third-order valence-corrected chi connectivity index (χ3v) is 4.57. The van der Waals surface area contributed by atoms with E-state index in [0.29, 0.717) is 23.3 Å². The van der Waals surface area contributed by atoms with Crippen LogP contribution in [0.2, 0.25) is 0 Å². The van der Waals surface area contributed by atoms with Crippen molar-refractivity contribution in [3.63, 3.8) is 0 Å². The summed E-state index contributed by atoms with van der Waals surface area (Å²) in [6, 6.07) is 3.99. The molecule has 1 aromatic heterocycles. The summed E-state index contributed by atoms with van der Waals surface area (Å²) in [7, 11) is 0. The minimum atomic E-state index is -1.09. The summed E-state index contributed by atoms with van der Waals surface area (Å²) in [5.74, 6) is -0.958. The standard InChI is InChI=1S/C18H21NO6S/c1-4-11-7-16(21)25-17-10(2)14(6-5-12(11)17)24-8-15(20)19-13(9-26-3)18(22)23/h5-7,13H,4,8-9H2,1-3H3,(H,19,20)(H,22,23)/t13-/m0/s1. The van der Waals surface area contributed by atoms with Crippen molar-refractivity contribution in [2.24, 2.45) is 0 Å². The number of fused-ring (bicyclic) bond motifs is 1. The number of hydrogen-bond acceptors (Lipinski definition) is 6. The molecule has 0 aliphatic carbocycles. The van der Waals surface area contributed by atoms with Gasteiger partial charge in [0, 0.05) is 22.8 Å². The summed E-state index contributed by atoms with van der Waals surface area (Å²) in [4.78, 5) is 34.7. The number of carboxylic acid groups (broad SMARTS) is 1. The Morgan fingerprint density at radius 1 is 1.38 bits per heavy atom. The Bertz CT molecular complexity index is 876. The van der Waals surface area contributed by atoms with Crippen molar-refractivity contribution in [3.05, 3.63) is 39.7 Å². The molecule has 26 heavy (non-hydrogen) atoms. The minimum Gasteiger partial charge on any atom is -0.483 e. The lowest BCUT2D eigenvalue weighted by molar-refractivity contribution is -0.141. The molecule has 0 spiro atoms. The Kier molecular flexibility index (Phi) is 6.68. The van der Waals surface area contributed by atoms with E-state index in [0.717, 1.165) is 10.9 Å². The first-order valence-electron chi connectivity index (χ1n) is 8.07. The number of benzene rings is 1. The molecule has 8 heteroatoms. The summed E-state index contributed by atoms with van der Waals surface area (Å²) in [5.41, 5.74) is 1.48. The number of hydrogen-bond donors (Lipinski definition) is 2. The van der Waals surface area contributed by atoms with Crippen LogP contribution in [-0.4, -0.2) is 41.6 Å². The van der Waals surface area contributed by atoms with Crippen molar-refractivity contribution in [1.29, 1.82) is 0 Å². The number of amides is 1. The fourth-order valence-electron chi connectivity index (χ4n) is 2.58. The Hall–Kier alpha value is -2.48. The fourth-order valence-corrected chi connectivity index (χ4v) is 3.14. The van der Waals surface area contributed by atoms with Crippen LogP contribution in [0.5, 0.6) is 5.75 Å². The zero-order valence-electron chi connectivity index (χ0n) is 14.8. The first-order chi connectivity index (χ1) is 12.4. The van der Waals surface area contributed by atoms with E-state index in [2.05, 4.69) is 5.32 Å². The molecule has 0 aliphatic rings. The molecule has 1 atom stereocenters. The van der Waals surface area contributed by atoms with Gasteiger partial charge < -0.3 is 19.6 Å². The molecule has 2 aromatic rings. The van der Waals surface area contributed by atoms with Crippen LogP contribution in [0.3, 0.4) is 0 Å². The van der Waals surface area contributed by atoms with Crippen LogP contribution >= 0.6 is 11.8 Å². The van der Waals surface area contributed by atoms with E-state index in [1.54, 1.807) is 25.3 Å². The zero-order chi connectivity index (χ0) is 19.3. The van der Waals surface area contributed by atoms with Gasteiger partial charge in [0.15, 0.2) is 6.61 Å². The normalized spacial score (nSPS) is 12.0. The monoisotopic (exact) mass is 379 g/mol. The van der Waals surface area contributed by atoms with E-state index >= 15 is 0 Å². The highest BCUT2D eigenvalue weighted by Gasteiger charge is 2.20. The molecular weight excluding hydrogens is 358 g/mol. The number of carboxylic acids is 1. The van der Waals surface area contributed by atoms with Gasteiger partial charge in [0.2, 0.25) is 0 Å². The molecule has 2 rings (SSSR count). The maximum Gasteiger partial charge on any atom is 0.336 e. The molecule has 1 heterocycles. The molecule has 2 N–H and O–H groups in total. The smallest absolute Gasteiger partial charge is 0.336 e. The topological polar surface area (TPSA) is 106 Å². The molecule has 0 fully saturated rings. The molecule has 0 bridgehead atoms. The Morgan fingerprint density at radius 2 is 2.12 bits per heavy atom. The lowest BCUT2D eigenvalue weighted by Gasteiger charge is -2.15. The average molecular weight is 379 g/mol. The first kappa shape index (κ1) is 19.8. The van der Waals surface area contributed by atoms with Crippen molar-refractivity contribution in [2.45, 2.75) is 26.3 Å². The molecule has 0 radical (unpaired) electrons. The van der Waals surface area contributed by atoms with Crippen molar-refractivity contribution in [2.75, 3.05) is 18.6 Å². The van der Waals surface area contributed by atoms with Gasteiger partial charge in [0.1, 0.15) is 17.4 Å². The van der Waals surface area contributed by atoms with E-state index in [1.165, 1.54) is 17.8 Å². The van der Waals surface area contributed by atoms with Crippen LogP contribution in [0, 0.1) is 6.92 Å². The maximum absolute atomic E-state index is 12.0. The van der Waals surface area contributed by atoms with Crippen LogP contribution in [0.15, 0.2) is 27.4 Å². The van der Waals surface area contributed by atoms with Crippen molar-refractivity contribution in [1.82, 2.24) is 5.32 Å². The number of carbonyl (C=O) groups excluding carboxylic acids is 1. The third kappa shape index (κ3) is 4.57. The third-order valence-electron chi connectivity index (χ3n) is 3.90. The highest BCUT2D eigenvalue weighted by atomic mass is 32.2. The maximum atomic E-state index is 12.0. The quantitative estimate of drug-likeness (QED) is 0.676. The van der Waals surface area contributed by atoms with Crippen LogP contribution in [0.1, 0.15) is 18.1 Å². The van der Waals surface area contributed by atoms with Gasteiger partial charge in [-0.15, -0.1) is 0 Å². The first-order valence-corrected chi connectivity index (χ1v) is 9.47. The summed E-state index contributed by atoms with van der Waals surface area (Å²) >= 11 is 1.32. The summed E-state index contributed by atoms with van der Waals surface area (Å²) in [6.45, 7) is 3.36. The number of thioether (sulfide) groups is 1. The lowest BCUT2D eigenvalue weighted by atomic mass is 10.0.